The minimum absolute atomic E-state index is 0.106. The number of carbonyl (C=O) groups is 1. The van der Waals surface area contributed by atoms with Gasteiger partial charge in [-0.3, -0.25) is 4.79 Å². The van der Waals surface area contributed by atoms with Crippen molar-refractivity contribution in [3.63, 3.8) is 0 Å². The van der Waals surface area contributed by atoms with Crippen molar-refractivity contribution in [1.82, 2.24) is 5.32 Å². The molecular weight excluding hydrogens is 237 g/mol. The largest absolute Gasteiger partial charge is 0.481 e. The Bertz CT molecular complexity index is 376. The first kappa shape index (κ1) is 14.4. The van der Waals surface area contributed by atoms with Gasteiger partial charge in [-0.25, -0.2) is 4.39 Å². The van der Waals surface area contributed by atoms with Crippen molar-refractivity contribution in [2.24, 2.45) is 0 Å². The van der Waals surface area contributed by atoms with Crippen LogP contribution in [0.3, 0.4) is 0 Å². The molecule has 1 aromatic carbocycles. The van der Waals surface area contributed by atoms with Crippen molar-refractivity contribution < 1.29 is 19.0 Å². The molecule has 0 aromatic heterocycles. The van der Waals surface area contributed by atoms with Crippen LogP contribution in [-0.2, 0) is 4.79 Å². The zero-order valence-corrected chi connectivity index (χ0v) is 10.5. The van der Waals surface area contributed by atoms with Crippen LogP contribution in [0.4, 0.5) is 4.39 Å². The van der Waals surface area contributed by atoms with E-state index in [1.807, 2.05) is 6.92 Å². The van der Waals surface area contributed by atoms with E-state index in [2.05, 4.69) is 5.32 Å². The lowest BCUT2D eigenvalue weighted by atomic mass is 10.2. The van der Waals surface area contributed by atoms with Crippen molar-refractivity contribution in [2.75, 3.05) is 6.61 Å². The van der Waals surface area contributed by atoms with Crippen LogP contribution in [0.25, 0.3) is 0 Å². The zero-order valence-electron chi connectivity index (χ0n) is 10.5. The van der Waals surface area contributed by atoms with Crippen molar-refractivity contribution in [3.05, 3.63) is 30.1 Å². The smallest absolute Gasteiger partial charge is 0.261 e. The summed E-state index contributed by atoms with van der Waals surface area (Å²) in [5, 5.41) is 11.6. The molecule has 2 unspecified atom stereocenters. The number of aliphatic hydroxyl groups excluding tert-OH is 1. The number of carbonyl (C=O) groups excluding carboxylic acids is 1. The molecule has 0 bridgehead atoms. The van der Waals surface area contributed by atoms with Gasteiger partial charge in [0.25, 0.3) is 5.91 Å². The van der Waals surface area contributed by atoms with E-state index in [0.29, 0.717) is 12.2 Å². The summed E-state index contributed by atoms with van der Waals surface area (Å²) in [5.74, 6) is -0.234. The summed E-state index contributed by atoms with van der Waals surface area (Å²) in [6, 6.07) is 5.19. The SMILES string of the molecule is CCC(CO)NC(=O)C(C)Oc1ccc(F)cc1. The molecule has 0 aliphatic carbocycles. The third-order valence-electron chi connectivity index (χ3n) is 2.56. The highest BCUT2D eigenvalue weighted by Gasteiger charge is 2.17. The van der Waals surface area contributed by atoms with E-state index in [9.17, 15) is 9.18 Å². The van der Waals surface area contributed by atoms with Crippen LogP contribution in [0, 0.1) is 5.82 Å². The van der Waals surface area contributed by atoms with Crippen LogP contribution in [-0.4, -0.2) is 29.8 Å². The lowest BCUT2D eigenvalue weighted by Gasteiger charge is -2.18. The van der Waals surface area contributed by atoms with Crippen molar-refractivity contribution in [3.8, 4) is 5.75 Å². The first-order valence-corrected chi connectivity index (χ1v) is 5.90. The highest BCUT2D eigenvalue weighted by atomic mass is 19.1. The highest BCUT2D eigenvalue weighted by molar-refractivity contribution is 5.81. The fourth-order valence-electron chi connectivity index (χ4n) is 1.37. The summed E-state index contributed by atoms with van der Waals surface area (Å²) in [5.41, 5.74) is 0. The van der Waals surface area contributed by atoms with Crippen LogP contribution < -0.4 is 10.1 Å². The Morgan fingerprint density at radius 3 is 2.56 bits per heavy atom. The Labute approximate surface area is 106 Å². The van der Waals surface area contributed by atoms with Crippen molar-refractivity contribution in [1.29, 1.82) is 0 Å². The second kappa shape index (κ2) is 6.96. The molecule has 100 valence electrons. The van der Waals surface area contributed by atoms with Crippen LogP contribution >= 0.6 is 0 Å². The number of aliphatic hydroxyl groups is 1. The summed E-state index contributed by atoms with van der Waals surface area (Å²) in [6.07, 6.45) is -0.0537. The molecule has 0 aliphatic rings. The molecule has 1 amide bonds. The average molecular weight is 255 g/mol. The predicted octanol–water partition coefficient (Wildman–Crippen LogP) is 1.48. The third kappa shape index (κ3) is 4.33. The molecule has 0 spiro atoms. The fourth-order valence-corrected chi connectivity index (χ4v) is 1.37. The van der Waals surface area contributed by atoms with E-state index in [1.54, 1.807) is 6.92 Å². The predicted molar refractivity (Wildman–Crippen MR) is 65.8 cm³/mol. The van der Waals surface area contributed by atoms with Gasteiger partial charge < -0.3 is 15.2 Å². The standard InChI is InChI=1S/C13H18FNO3/c1-3-11(8-16)15-13(17)9(2)18-12-6-4-10(14)5-7-12/h4-7,9,11,16H,3,8H2,1-2H3,(H,15,17). The Hall–Kier alpha value is -1.62. The molecule has 0 saturated heterocycles. The second-order valence-electron chi connectivity index (χ2n) is 4.01. The van der Waals surface area contributed by atoms with Crippen molar-refractivity contribution >= 4 is 5.91 Å². The molecule has 4 nitrogen and oxygen atoms in total. The summed E-state index contributed by atoms with van der Waals surface area (Å²) >= 11 is 0. The lowest BCUT2D eigenvalue weighted by molar-refractivity contribution is -0.128. The Kier molecular flexibility index (Phi) is 5.58. The van der Waals surface area contributed by atoms with E-state index >= 15 is 0 Å². The molecule has 0 fully saturated rings. The first-order chi connectivity index (χ1) is 8.56. The summed E-state index contributed by atoms with van der Waals surface area (Å²) in [6.45, 7) is 3.36. The van der Waals surface area contributed by atoms with Gasteiger partial charge in [-0.1, -0.05) is 6.92 Å². The molecule has 1 aromatic rings. The number of ether oxygens (including phenoxy) is 1. The Morgan fingerprint density at radius 1 is 1.44 bits per heavy atom. The minimum Gasteiger partial charge on any atom is -0.481 e. The molecule has 2 N–H and O–H groups in total. The molecule has 5 heteroatoms. The Balaban J connectivity index is 2.51. The van der Waals surface area contributed by atoms with Gasteiger partial charge in [0.2, 0.25) is 0 Å². The normalized spacial score (nSPS) is 13.8. The maximum atomic E-state index is 12.7. The van der Waals surface area contributed by atoms with Gasteiger partial charge >= 0.3 is 0 Å². The van der Waals surface area contributed by atoms with Crippen LogP contribution in [0.5, 0.6) is 5.75 Å². The number of benzene rings is 1. The number of halogens is 1. The zero-order chi connectivity index (χ0) is 13.5. The number of hydrogen-bond donors (Lipinski definition) is 2. The third-order valence-corrected chi connectivity index (χ3v) is 2.56. The number of nitrogens with one attached hydrogen (secondary N) is 1. The van der Waals surface area contributed by atoms with Crippen LogP contribution in [0.2, 0.25) is 0 Å². The van der Waals surface area contributed by atoms with Gasteiger partial charge in [-0.2, -0.15) is 0 Å². The van der Waals surface area contributed by atoms with E-state index in [-0.39, 0.29) is 24.4 Å². The summed E-state index contributed by atoms with van der Waals surface area (Å²) < 4.78 is 18.0. The van der Waals surface area contributed by atoms with E-state index in [1.165, 1.54) is 24.3 Å². The topological polar surface area (TPSA) is 58.6 Å². The molecule has 0 heterocycles. The van der Waals surface area contributed by atoms with Gasteiger partial charge in [0.05, 0.1) is 12.6 Å². The maximum absolute atomic E-state index is 12.7. The van der Waals surface area contributed by atoms with Gasteiger partial charge in [-0.05, 0) is 37.6 Å². The van der Waals surface area contributed by atoms with Gasteiger partial charge in [0.1, 0.15) is 11.6 Å². The van der Waals surface area contributed by atoms with Crippen LogP contribution in [0.1, 0.15) is 20.3 Å². The van der Waals surface area contributed by atoms with Gasteiger partial charge in [-0.15, -0.1) is 0 Å². The molecule has 1 rings (SSSR count). The quantitative estimate of drug-likeness (QED) is 0.809. The highest BCUT2D eigenvalue weighted by Crippen LogP contribution is 2.13. The molecule has 0 aliphatic heterocycles. The van der Waals surface area contributed by atoms with Gasteiger partial charge in [0.15, 0.2) is 6.10 Å². The fraction of sp³-hybridized carbons (Fsp3) is 0.462. The number of rotatable bonds is 6. The summed E-state index contributed by atoms with van der Waals surface area (Å²) in [4.78, 5) is 11.7. The lowest BCUT2D eigenvalue weighted by Crippen LogP contribution is -2.43. The minimum atomic E-state index is -0.698. The first-order valence-electron chi connectivity index (χ1n) is 5.90. The van der Waals surface area contributed by atoms with Gasteiger partial charge in [0, 0.05) is 0 Å². The Morgan fingerprint density at radius 2 is 2.06 bits per heavy atom. The number of amides is 1. The monoisotopic (exact) mass is 255 g/mol. The van der Waals surface area contributed by atoms with Crippen molar-refractivity contribution in [2.45, 2.75) is 32.4 Å². The summed E-state index contributed by atoms with van der Waals surface area (Å²) in [7, 11) is 0. The van der Waals surface area contributed by atoms with E-state index in [0.717, 1.165) is 0 Å². The molecule has 2 atom stereocenters. The molecule has 18 heavy (non-hydrogen) atoms. The van der Waals surface area contributed by atoms with E-state index in [4.69, 9.17) is 9.84 Å². The van der Waals surface area contributed by atoms with Crippen LogP contribution in [0.15, 0.2) is 24.3 Å². The molecular formula is C13H18FNO3. The number of hydrogen-bond acceptors (Lipinski definition) is 3. The maximum Gasteiger partial charge on any atom is 0.261 e. The molecule has 0 saturated carbocycles. The average Bonchev–Trinajstić information content (AvgIpc) is 2.38. The molecule has 0 radical (unpaired) electrons. The second-order valence-corrected chi connectivity index (χ2v) is 4.01. The van der Waals surface area contributed by atoms with E-state index < -0.39 is 6.10 Å².